The van der Waals surface area contributed by atoms with Gasteiger partial charge < -0.3 is 19.8 Å². The van der Waals surface area contributed by atoms with E-state index in [1.54, 1.807) is 23.1 Å². The maximum Gasteiger partial charge on any atom is 0.305 e. The van der Waals surface area contributed by atoms with Crippen LogP contribution in [0.2, 0.25) is 0 Å². The van der Waals surface area contributed by atoms with Crippen molar-refractivity contribution in [1.29, 1.82) is 0 Å². The molecule has 0 aliphatic carbocycles. The summed E-state index contributed by atoms with van der Waals surface area (Å²) < 4.78 is 5.27. The van der Waals surface area contributed by atoms with Gasteiger partial charge >= 0.3 is 5.97 Å². The molecule has 2 rings (SSSR count). The van der Waals surface area contributed by atoms with Gasteiger partial charge in [-0.3, -0.25) is 19.7 Å². The highest BCUT2D eigenvalue weighted by Crippen LogP contribution is 2.20. The molecule has 1 heterocycles. The van der Waals surface area contributed by atoms with Crippen LogP contribution in [0.5, 0.6) is 0 Å². The minimum atomic E-state index is -0.904. The van der Waals surface area contributed by atoms with E-state index in [9.17, 15) is 24.8 Å². The van der Waals surface area contributed by atoms with Crippen molar-refractivity contribution in [3.63, 3.8) is 0 Å². The molecule has 9 heteroatoms. The molecule has 1 amide bonds. The van der Waals surface area contributed by atoms with Gasteiger partial charge in [0.1, 0.15) is 0 Å². The molecule has 0 aromatic heterocycles. The molecule has 1 aliphatic rings. The lowest BCUT2D eigenvalue weighted by Gasteiger charge is -2.34. The summed E-state index contributed by atoms with van der Waals surface area (Å²) in [5.74, 6) is -0.843. The van der Waals surface area contributed by atoms with E-state index in [1.807, 2.05) is 6.08 Å². The van der Waals surface area contributed by atoms with Crippen molar-refractivity contribution < 1.29 is 29.5 Å². The van der Waals surface area contributed by atoms with Crippen LogP contribution in [0.25, 0.3) is 0 Å². The lowest BCUT2D eigenvalue weighted by atomic mass is 9.99. The van der Waals surface area contributed by atoms with Crippen LogP contribution in [0, 0.1) is 10.1 Å². The Morgan fingerprint density at radius 2 is 2.07 bits per heavy atom. The number of carbonyl (C=O) groups is 2. The minimum Gasteiger partial charge on any atom is -0.481 e. The molecule has 1 aromatic rings. The van der Waals surface area contributed by atoms with Crippen molar-refractivity contribution in [2.45, 2.75) is 50.7 Å². The fourth-order valence-electron chi connectivity index (χ4n) is 3.36. The number of piperidine rings is 1. The number of non-ortho nitro benzene ring substituents is 1. The van der Waals surface area contributed by atoms with Crippen LogP contribution in [0.1, 0.15) is 37.7 Å². The predicted molar refractivity (Wildman–Crippen MR) is 109 cm³/mol. The zero-order valence-electron chi connectivity index (χ0n) is 16.8. The van der Waals surface area contributed by atoms with E-state index in [4.69, 9.17) is 9.84 Å². The number of rotatable bonds is 12. The average Bonchev–Trinajstić information content (AvgIpc) is 2.70. The Bertz CT molecular complexity index is 748. The third kappa shape index (κ3) is 7.92. The molecule has 0 radical (unpaired) electrons. The summed E-state index contributed by atoms with van der Waals surface area (Å²) in [4.78, 5) is 34.8. The number of hydrogen-bond donors (Lipinski definition) is 2. The number of carboxylic acid groups (broad SMARTS) is 1. The molecule has 164 valence electrons. The first-order chi connectivity index (χ1) is 14.4. The molecule has 1 saturated heterocycles. The number of aliphatic carboxylic acids is 1. The van der Waals surface area contributed by atoms with Gasteiger partial charge in [-0.1, -0.05) is 24.3 Å². The van der Waals surface area contributed by atoms with Crippen molar-refractivity contribution in [1.82, 2.24) is 4.90 Å². The van der Waals surface area contributed by atoms with Gasteiger partial charge in [0, 0.05) is 38.1 Å². The van der Waals surface area contributed by atoms with Crippen LogP contribution in [-0.2, 0) is 20.7 Å². The standard InChI is InChI=1S/C21H28N2O7/c24-19(15-16-5-7-18(8-6-16)23(28)29)10-9-17-3-1-4-20(25)22(17)12-2-13-30-14-11-21(26)27/h5-10,17,19,24H,1-4,11-15H2,(H,26,27)/t17-,19?/m1/s1. The number of ether oxygens (including phenoxy) is 1. The number of nitro groups is 1. The van der Waals surface area contributed by atoms with Gasteiger partial charge in [0.2, 0.25) is 5.91 Å². The number of nitro benzene ring substituents is 1. The van der Waals surface area contributed by atoms with Gasteiger partial charge in [-0.25, -0.2) is 0 Å². The lowest BCUT2D eigenvalue weighted by molar-refractivity contribution is -0.384. The molecule has 1 aromatic carbocycles. The van der Waals surface area contributed by atoms with Gasteiger partial charge in [-0.05, 0) is 24.8 Å². The molecule has 0 spiro atoms. The molecule has 2 atom stereocenters. The number of hydrogen-bond acceptors (Lipinski definition) is 6. The Morgan fingerprint density at radius 1 is 1.33 bits per heavy atom. The van der Waals surface area contributed by atoms with Gasteiger partial charge in [0.25, 0.3) is 5.69 Å². The van der Waals surface area contributed by atoms with Gasteiger partial charge in [-0.2, -0.15) is 0 Å². The maximum atomic E-state index is 12.3. The first-order valence-electron chi connectivity index (χ1n) is 10.1. The Labute approximate surface area is 175 Å². The molecule has 0 saturated carbocycles. The smallest absolute Gasteiger partial charge is 0.305 e. The average molecular weight is 420 g/mol. The van der Waals surface area contributed by atoms with Crippen LogP contribution in [0.3, 0.4) is 0 Å². The number of carboxylic acids is 1. The highest BCUT2D eigenvalue weighted by Gasteiger charge is 2.25. The number of benzene rings is 1. The van der Waals surface area contributed by atoms with Crippen LogP contribution in [0.15, 0.2) is 36.4 Å². The fraction of sp³-hybridized carbons (Fsp3) is 0.524. The van der Waals surface area contributed by atoms with Crippen LogP contribution in [0.4, 0.5) is 5.69 Å². The third-order valence-corrected chi connectivity index (χ3v) is 4.91. The quantitative estimate of drug-likeness (QED) is 0.230. The summed E-state index contributed by atoms with van der Waals surface area (Å²) in [5.41, 5.74) is 0.792. The molecular formula is C21H28N2O7. The number of aliphatic hydroxyl groups excluding tert-OH is 1. The number of nitrogens with zero attached hydrogens (tertiary/aromatic N) is 2. The van der Waals surface area contributed by atoms with Crippen LogP contribution in [-0.4, -0.2) is 63.8 Å². The summed E-state index contributed by atoms with van der Waals surface area (Å²) in [7, 11) is 0. The van der Waals surface area contributed by atoms with E-state index in [2.05, 4.69) is 0 Å². The molecular weight excluding hydrogens is 392 g/mol. The second-order valence-corrected chi connectivity index (χ2v) is 7.24. The first-order valence-corrected chi connectivity index (χ1v) is 10.1. The number of carbonyl (C=O) groups excluding carboxylic acids is 1. The monoisotopic (exact) mass is 420 g/mol. The minimum absolute atomic E-state index is 0.00656. The SMILES string of the molecule is O=C(O)CCOCCCN1C(=O)CCC[C@@H]1C=CC(O)Cc1ccc([N+](=O)[O-])cc1. The Kier molecular flexibility index (Phi) is 9.43. The highest BCUT2D eigenvalue weighted by atomic mass is 16.6. The molecule has 1 unspecified atom stereocenters. The number of likely N-dealkylation sites (tertiary alicyclic amines) is 1. The van der Waals surface area contributed by atoms with E-state index in [0.717, 1.165) is 18.4 Å². The first kappa shape index (κ1) is 23.5. The topological polar surface area (TPSA) is 130 Å². The summed E-state index contributed by atoms with van der Waals surface area (Å²) in [6.45, 7) is 1.05. The van der Waals surface area contributed by atoms with Crippen molar-refractivity contribution >= 4 is 17.6 Å². The second-order valence-electron chi connectivity index (χ2n) is 7.24. The van der Waals surface area contributed by atoms with E-state index in [1.165, 1.54) is 12.1 Å². The lowest BCUT2D eigenvalue weighted by Crippen LogP contribution is -2.43. The molecule has 9 nitrogen and oxygen atoms in total. The van der Waals surface area contributed by atoms with Crippen LogP contribution < -0.4 is 0 Å². The van der Waals surface area contributed by atoms with E-state index in [0.29, 0.717) is 32.4 Å². The van der Waals surface area contributed by atoms with Crippen molar-refractivity contribution in [2.75, 3.05) is 19.8 Å². The van der Waals surface area contributed by atoms with Gasteiger partial charge in [-0.15, -0.1) is 0 Å². The molecule has 0 bridgehead atoms. The van der Waals surface area contributed by atoms with Crippen molar-refractivity contribution in [2.24, 2.45) is 0 Å². The summed E-state index contributed by atoms with van der Waals surface area (Å²) in [6.07, 6.45) is 5.75. The fourth-order valence-corrected chi connectivity index (χ4v) is 3.36. The summed E-state index contributed by atoms with van der Waals surface area (Å²) >= 11 is 0. The predicted octanol–water partition coefficient (Wildman–Crippen LogP) is 2.32. The van der Waals surface area contributed by atoms with E-state index < -0.39 is 17.0 Å². The van der Waals surface area contributed by atoms with Gasteiger partial charge in [0.05, 0.1) is 30.1 Å². The largest absolute Gasteiger partial charge is 0.481 e. The zero-order valence-corrected chi connectivity index (χ0v) is 16.8. The number of amides is 1. The van der Waals surface area contributed by atoms with E-state index >= 15 is 0 Å². The second kappa shape index (κ2) is 12.0. The highest BCUT2D eigenvalue weighted by molar-refractivity contribution is 5.77. The van der Waals surface area contributed by atoms with Crippen LogP contribution >= 0.6 is 0 Å². The molecule has 2 N–H and O–H groups in total. The summed E-state index contributed by atoms with van der Waals surface area (Å²) in [5, 5.41) is 29.6. The Balaban J connectivity index is 1.83. The van der Waals surface area contributed by atoms with Crippen molar-refractivity contribution in [3.05, 3.63) is 52.1 Å². The maximum absolute atomic E-state index is 12.3. The molecule has 1 aliphatic heterocycles. The normalized spacial score (nSPS) is 18.0. The van der Waals surface area contributed by atoms with Crippen molar-refractivity contribution in [3.8, 4) is 0 Å². The third-order valence-electron chi connectivity index (χ3n) is 4.91. The molecule has 1 fully saturated rings. The Morgan fingerprint density at radius 3 is 2.73 bits per heavy atom. The summed E-state index contributed by atoms with van der Waals surface area (Å²) in [6, 6.07) is 5.96. The van der Waals surface area contributed by atoms with Gasteiger partial charge in [0.15, 0.2) is 0 Å². The van der Waals surface area contributed by atoms with E-state index in [-0.39, 0.29) is 30.7 Å². The molecule has 30 heavy (non-hydrogen) atoms. The zero-order chi connectivity index (χ0) is 21.9. The number of aliphatic hydroxyl groups is 1. The Hall–Kier alpha value is -2.78.